The molecule has 0 N–H and O–H groups in total. The molecule has 0 aromatic heterocycles. The van der Waals surface area contributed by atoms with Crippen molar-refractivity contribution in [1.82, 2.24) is 9.80 Å². The second-order valence-corrected chi connectivity index (χ2v) is 7.88. The van der Waals surface area contributed by atoms with E-state index in [1.807, 2.05) is 4.90 Å². The predicted octanol–water partition coefficient (Wildman–Crippen LogP) is 3.30. The third kappa shape index (κ3) is 3.60. The van der Waals surface area contributed by atoms with E-state index in [1.165, 1.54) is 24.8 Å². The van der Waals surface area contributed by atoms with Gasteiger partial charge in [-0.25, -0.2) is 0 Å². The van der Waals surface area contributed by atoms with Crippen LogP contribution in [0.25, 0.3) is 0 Å². The molecule has 126 valence electrons. The summed E-state index contributed by atoms with van der Waals surface area (Å²) in [4.78, 5) is 16.0. The van der Waals surface area contributed by atoms with Crippen molar-refractivity contribution < 1.29 is 4.79 Å². The molecular weight excluding hydrogens is 284 g/mol. The molecule has 1 aromatic rings. The van der Waals surface area contributed by atoms with E-state index in [0.717, 1.165) is 26.1 Å². The first-order valence-electron chi connectivity index (χ1n) is 8.99. The second-order valence-electron chi connectivity index (χ2n) is 7.88. The number of hydrogen-bond donors (Lipinski definition) is 0. The van der Waals surface area contributed by atoms with E-state index in [2.05, 4.69) is 49.2 Å². The molecule has 1 saturated carbocycles. The highest BCUT2D eigenvalue weighted by atomic mass is 16.2. The highest BCUT2D eigenvalue weighted by Gasteiger charge is 2.38. The number of carbonyl (C=O) groups excluding carboxylic acids is 1. The first-order chi connectivity index (χ1) is 11.0. The minimum absolute atomic E-state index is 0.229. The minimum atomic E-state index is 0.229. The van der Waals surface area contributed by atoms with Crippen LogP contribution in [0, 0.1) is 5.92 Å². The van der Waals surface area contributed by atoms with Crippen LogP contribution in [0.1, 0.15) is 45.1 Å². The molecule has 1 aliphatic carbocycles. The fraction of sp³-hybridized carbons (Fsp3) is 0.650. The molecular formula is C20H30N2O. The lowest BCUT2D eigenvalue weighted by atomic mass is 9.81. The van der Waals surface area contributed by atoms with E-state index in [1.54, 1.807) is 6.92 Å². The molecule has 1 saturated heterocycles. The summed E-state index contributed by atoms with van der Waals surface area (Å²) in [5.41, 5.74) is 1.81. The van der Waals surface area contributed by atoms with Crippen LogP contribution < -0.4 is 0 Å². The van der Waals surface area contributed by atoms with E-state index in [0.29, 0.717) is 17.4 Å². The van der Waals surface area contributed by atoms with Gasteiger partial charge in [-0.3, -0.25) is 4.79 Å². The van der Waals surface area contributed by atoms with Gasteiger partial charge in [0.1, 0.15) is 0 Å². The molecule has 0 radical (unpaired) electrons. The molecule has 1 heterocycles. The molecule has 1 aromatic carbocycles. The number of amides is 1. The Labute approximate surface area is 140 Å². The summed E-state index contributed by atoms with van der Waals surface area (Å²) in [5.74, 6) is 0.875. The molecule has 2 aliphatic rings. The van der Waals surface area contributed by atoms with Gasteiger partial charge in [0.05, 0.1) is 0 Å². The van der Waals surface area contributed by atoms with Crippen molar-refractivity contribution in [2.75, 3.05) is 26.7 Å². The summed E-state index contributed by atoms with van der Waals surface area (Å²) in [6.45, 7) is 7.12. The van der Waals surface area contributed by atoms with Crippen LogP contribution in [0.5, 0.6) is 0 Å². The fourth-order valence-corrected chi connectivity index (χ4v) is 4.51. The standard InChI is InChI=1S/C20H30N2O/c1-16(23)22-12-10-17(15-22)14-21(3)19-9-11-20(2,13-19)18-7-5-4-6-8-18/h4-8,17,19H,9-15H2,1-3H3/t17-,19-,20+/m1/s1. The first kappa shape index (κ1) is 16.5. The first-order valence-corrected chi connectivity index (χ1v) is 8.99. The third-order valence-corrected chi connectivity index (χ3v) is 6.09. The van der Waals surface area contributed by atoms with Crippen LogP contribution in [0.2, 0.25) is 0 Å². The second kappa shape index (κ2) is 6.64. The van der Waals surface area contributed by atoms with Gasteiger partial charge >= 0.3 is 0 Å². The topological polar surface area (TPSA) is 23.6 Å². The Kier molecular flexibility index (Phi) is 4.77. The number of carbonyl (C=O) groups is 1. The number of hydrogen-bond acceptors (Lipinski definition) is 2. The van der Waals surface area contributed by atoms with Crippen molar-refractivity contribution in [3.05, 3.63) is 35.9 Å². The SMILES string of the molecule is CC(=O)N1CC[C@H](CN(C)[C@@H]2CC[C@](C)(c3ccccc3)C2)C1. The van der Waals surface area contributed by atoms with Crippen LogP contribution in [0.4, 0.5) is 0 Å². The van der Waals surface area contributed by atoms with Crippen molar-refractivity contribution in [2.24, 2.45) is 5.92 Å². The highest BCUT2D eigenvalue weighted by molar-refractivity contribution is 5.73. The maximum atomic E-state index is 11.5. The lowest BCUT2D eigenvalue weighted by Gasteiger charge is -2.30. The number of benzene rings is 1. The molecule has 23 heavy (non-hydrogen) atoms. The Balaban J connectivity index is 1.56. The quantitative estimate of drug-likeness (QED) is 0.851. The monoisotopic (exact) mass is 314 g/mol. The Morgan fingerprint density at radius 2 is 2.04 bits per heavy atom. The largest absolute Gasteiger partial charge is 0.343 e. The summed E-state index contributed by atoms with van der Waals surface area (Å²) in [7, 11) is 2.28. The molecule has 0 unspecified atom stereocenters. The number of likely N-dealkylation sites (tertiary alicyclic amines) is 1. The van der Waals surface area contributed by atoms with Crippen molar-refractivity contribution in [3.8, 4) is 0 Å². The summed E-state index contributed by atoms with van der Waals surface area (Å²) >= 11 is 0. The molecule has 3 nitrogen and oxygen atoms in total. The predicted molar refractivity (Wildman–Crippen MR) is 94.4 cm³/mol. The third-order valence-electron chi connectivity index (χ3n) is 6.09. The van der Waals surface area contributed by atoms with Crippen molar-refractivity contribution in [2.45, 2.75) is 51.0 Å². The zero-order chi connectivity index (χ0) is 16.4. The maximum absolute atomic E-state index is 11.5. The van der Waals surface area contributed by atoms with Gasteiger partial charge in [0, 0.05) is 32.6 Å². The average molecular weight is 314 g/mol. The van der Waals surface area contributed by atoms with E-state index in [-0.39, 0.29) is 5.91 Å². The average Bonchev–Trinajstić information content (AvgIpc) is 3.16. The van der Waals surface area contributed by atoms with E-state index in [9.17, 15) is 4.79 Å². The lowest BCUT2D eigenvalue weighted by Crippen LogP contribution is -2.36. The summed E-state index contributed by atoms with van der Waals surface area (Å²) < 4.78 is 0. The molecule has 3 rings (SSSR count). The summed E-state index contributed by atoms with van der Waals surface area (Å²) in [5, 5.41) is 0. The van der Waals surface area contributed by atoms with Crippen LogP contribution in [-0.2, 0) is 10.2 Å². The molecule has 3 heteroatoms. The van der Waals surface area contributed by atoms with Gasteiger partial charge < -0.3 is 9.80 Å². The number of nitrogens with zero attached hydrogens (tertiary/aromatic N) is 2. The smallest absolute Gasteiger partial charge is 0.219 e. The molecule has 1 aliphatic heterocycles. The number of rotatable bonds is 4. The van der Waals surface area contributed by atoms with Gasteiger partial charge in [0.25, 0.3) is 0 Å². The zero-order valence-electron chi connectivity index (χ0n) is 14.8. The minimum Gasteiger partial charge on any atom is -0.343 e. The summed E-state index contributed by atoms with van der Waals surface area (Å²) in [6.07, 6.45) is 4.96. The molecule has 3 atom stereocenters. The van der Waals surface area contributed by atoms with Crippen LogP contribution in [0.15, 0.2) is 30.3 Å². The van der Waals surface area contributed by atoms with E-state index in [4.69, 9.17) is 0 Å². The van der Waals surface area contributed by atoms with Gasteiger partial charge in [0.15, 0.2) is 0 Å². The Morgan fingerprint density at radius 3 is 2.70 bits per heavy atom. The van der Waals surface area contributed by atoms with E-state index < -0.39 is 0 Å². The zero-order valence-corrected chi connectivity index (χ0v) is 14.8. The molecule has 0 spiro atoms. The van der Waals surface area contributed by atoms with Crippen molar-refractivity contribution in [1.29, 1.82) is 0 Å². The Hall–Kier alpha value is -1.35. The molecule has 2 fully saturated rings. The maximum Gasteiger partial charge on any atom is 0.219 e. The van der Waals surface area contributed by atoms with Gasteiger partial charge in [-0.1, -0.05) is 37.3 Å². The van der Waals surface area contributed by atoms with E-state index >= 15 is 0 Å². The van der Waals surface area contributed by atoms with Crippen LogP contribution in [0.3, 0.4) is 0 Å². The Bertz CT molecular complexity index is 544. The normalized spacial score (nSPS) is 31.0. The van der Waals surface area contributed by atoms with Crippen LogP contribution >= 0.6 is 0 Å². The molecule has 0 bridgehead atoms. The Morgan fingerprint density at radius 1 is 1.30 bits per heavy atom. The fourth-order valence-electron chi connectivity index (χ4n) is 4.51. The van der Waals surface area contributed by atoms with Gasteiger partial charge in [-0.15, -0.1) is 0 Å². The van der Waals surface area contributed by atoms with Gasteiger partial charge in [-0.05, 0) is 49.6 Å². The lowest BCUT2D eigenvalue weighted by molar-refractivity contribution is -0.127. The molecule has 1 amide bonds. The van der Waals surface area contributed by atoms with Crippen LogP contribution in [-0.4, -0.2) is 48.4 Å². The van der Waals surface area contributed by atoms with Gasteiger partial charge in [0.2, 0.25) is 5.91 Å². The highest BCUT2D eigenvalue weighted by Crippen LogP contribution is 2.42. The van der Waals surface area contributed by atoms with Crippen molar-refractivity contribution in [3.63, 3.8) is 0 Å². The van der Waals surface area contributed by atoms with Gasteiger partial charge in [-0.2, -0.15) is 0 Å². The summed E-state index contributed by atoms with van der Waals surface area (Å²) in [6, 6.07) is 11.7. The van der Waals surface area contributed by atoms with Crippen molar-refractivity contribution >= 4 is 5.91 Å².